The minimum Gasteiger partial charge on any atom is -0.396 e. The molecular formula is C13H19N3O5. The summed E-state index contributed by atoms with van der Waals surface area (Å²) in [4.78, 5) is 35.9. The maximum Gasteiger partial charge on any atom is 0.286 e. The van der Waals surface area contributed by atoms with Crippen molar-refractivity contribution >= 4 is 11.6 Å². The molecule has 0 saturated heterocycles. The zero-order chi connectivity index (χ0) is 16.2. The lowest BCUT2D eigenvalue weighted by Gasteiger charge is -2.31. The highest BCUT2D eigenvalue weighted by Crippen LogP contribution is 2.22. The van der Waals surface area contributed by atoms with E-state index in [0.29, 0.717) is 6.42 Å². The van der Waals surface area contributed by atoms with Gasteiger partial charge in [-0.25, -0.2) is 0 Å². The summed E-state index contributed by atoms with van der Waals surface area (Å²) in [5.41, 5.74) is -1.72. The average Bonchev–Trinajstić information content (AvgIpc) is 2.37. The third kappa shape index (κ3) is 4.38. The van der Waals surface area contributed by atoms with Gasteiger partial charge in [0.25, 0.3) is 17.2 Å². The highest BCUT2D eigenvalue weighted by molar-refractivity contribution is 5.94. The van der Waals surface area contributed by atoms with Crippen molar-refractivity contribution in [3.05, 3.63) is 38.3 Å². The number of H-pyrrole nitrogens is 1. The van der Waals surface area contributed by atoms with Gasteiger partial charge in [-0.1, -0.05) is 20.8 Å². The van der Waals surface area contributed by atoms with E-state index in [1.807, 2.05) is 20.8 Å². The SMILES string of the molecule is CC(C)(C)C(CCO)NC(=O)c1cc([N+](=O)[O-])c[nH]c1=O. The molecule has 0 saturated carbocycles. The second-order valence-electron chi connectivity index (χ2n) is 5.76. The number of rotatable bonds is 5. The Morgan fingerprint density at radius 1 is 1.52 bits per heavy atom. The maximum atomic E-state index is 12.1. The Labute approximate surface area is 121 Å². The number of aromatic amines is 1. The maximum absolute atomic E-state index is 12.1. The lowest BCUT2D eigenvalue weighted by molar-refractivity contribution is -0.385. The minimum absolute atomic E-state index is 0.118. The number of carbonyl (C=O) groups is 1. The van der Waals surface area contributed by atoms with Gasteiger partial charge in [0.2, 0.25) is 0 Å². The summed E-state index contributed by atoms with van der Waals surface area (Å²) < 4.78 is 0. The van der Waals surface area contributed by atoms with Crippen LogP contribution in [0.2, 0.25) is 0 Å². The number of pyridine rings is 1. The lowest BCUT2D eigenvalue weighted by Crippen LogP contribution is -2.45. The molecule has 0 bridgehead atoms. The first-order valence-electron chi connectivity index (χ1n) is 6.45. The molecule has 0 radical (unpaired) electrons. The minimum atomic E-state index is -0.701. The third-order valence-electron chi connectivity index (χ3n) is 3.11. The molecule has 0 aromatic carbocycles. The van der Waals surface area contributed by atoms with E-state index in [9.17, 15) is 19.7 Å². The topological polar surface area (TPSA) is 125 Å². The van der Waals surface area contributed by atoms with Gasteiger partial charge < -0.3 is 15.4 Å². The first-order valence-corrected chi connectivity index (χ1v) is 6.45. The molecule has 0 aliphatic carbocycles. The van der Waals surface area contributed by atoms with Gasteiger partial charge in [-0.15, -0.1) is 0 Å². The molecule has 3 N–H and O–H groups in total. The molecule has 1 rings (SSSR count). The van der Waals surface area contributed by atoms with Crippen LogP contribution in [0.5, 0.6) is 0 Å². The summed E-state index contributed by atoms with van der Waals surface area (Å²) >= 11 is 0. The average molecular weight is 297 g/mol. The molecule has 1 heterocycles. The van der Waals surface area contributed by atoms with Gasteiger partial charge in [0.05, 0.1) is 11.1 Å². The van der Waals surface area contributed by atoms with Crippen LogP contribution >= 0.6 is 0 Å². The van der Waals surface area contributed by atoms with Crippen molar-refractivity contribution in [2.45, 2.75) is 33.2 Å². The van der Waals surface area contributed by atoms with Gasteiger partial charge in [0, 0.05) is 18.7 Å². The zero-order valence-corrected chi connectivity index (χ0v) is 12.2. The van der Waals surface area contributed by atoms with Crippen LogP contribution in [-0.4, -0.2) is 33.6 Å². The van der Waals surface area contributed by atoms with E-state index in [4.69, 9.17) is 5.11 Å². The predicted octanol–water partition coefficient (Wildman–Crippen LogP) is 0.810. The lowest BCUT2D eigenvalue weighted by atomic mass is 9.85. The number of hydrogen-bond acceptors (Lipinski definition) is 5. The van der Waals surface area contributed by atoms with Crippen molar-refractivity contribution < 1.29 is 14.8 Å². The molecule has 1 unspecified atom stereocenters. The van der Waals surface area contributed by atoms with E-state index in [-0.39, 0.29) is 29.3 Å². The van der Waals surface area contributed by atoms with Crippen molar-refractivity contribution in [2.24, 2.45) is 5.41 Å². The summed E-state index contributed by atoms with van der Waals surface area (Å²) in [5.74, 6) is -0.701. The molecule has 116 valence electrons. The smallest absolute Gasteiger partial charge is 0.286 e. The molecule has 0 fully saturated rings. The fraction of sp³-hybridized carbons (Fsp3) is 0.538. The van der Waals surface area contributed by atoms with Crippen LogP contribution in [0, 0.1) is 15.5 Å². The van der Waals surface area contributed by atoms with Crippen molar-refractivity contribution in [1.82, 2.24) is 10.3 Å². The number of aromatic nitrogens is 1. The number of nitrogens with zero attached hydrogens (tertiary/aromatic N) is 1. The number of amides is 1. The fourth-order valence-corrected chi connectivity index (χ4v) is 1.83. The van der Waals surface area contributed by atoms with Crippen LogP contribution in [0.4, 0.5) is 5.69 Å². The zero-order valence-electron chi connectivity index (χ0n) is 12.2. The summed E-state index contributed by atoms with van der Waals surface area (Å²) in [7, 11) is 0. The van der Waals surface area contributed by atoms with E-state index in [2.05, 4.69) is 10.3 Å². The number of nitro groups is 1. The van der Waals surface area contributed by atoms with E-state index in [1.54, 1.807) is 0 Å². The fourth-order valence-electron chi connectivity index (χ4n) is 1.83. The van der Waals surface area contributed by atoms with Gasteiger partial charge in [0.1, 0.15) is 5.56 Å². The van der Waals surface area contributed by atoms with Crippen molar-refractivity contribution in [3.8, 4) is 0 Å². The monoisotopic (exact) mass is 297 g/mol. The van der Waals surface area contributed by atoms with Crippen molar-refractivity contribution in [2.75, 3.05) is 6.61 Å². The predicted molar refractivity (Wildman–Crippen MR) is 76.1 cm³/mol. The Balaban J connectivity index is 3.05. The first-order chi connectivity index (χ1) is 9.66. The quantitative estimate of drug-likeness (QED) is 0.547. The summed E-state index contributed by atoms with van der Waals surface area (Å²) in [6, 6.07) is 0.570. The van der Waals surface area contributed by atoms with Gasteiger partial charge in [-0.05, 0) is 11.8 Å². The molecule has 0 aliphatic heterocycles. The molecule has 8 nitrogen and oxygen atoms in total. The number of aliphatic hydroxyl groups is 1. The Morgan fingerprint density at radius 2 is 2.14 bits per heavy atom. The van der Waals surface area contributed by atoms with Crippen LogP contribution in [0.1, 0.15) is 37.6 Å². The number of nitrogens with one attached hydrogen (secondary N) is 2. The molecule has 1 aromatic rings. The highest BCUT2D eigenvalue weighted by Gasteiger charge is 2.27. The number of carbonyl (C=O) groups excluding carboxylic acids is 1. The highest BCUT2D eigenvalue weighted by atomic mass is 16.6. The van der Waals surface area contributed by atoms with Gasteiger partial charge >= 0.3 is 0 Å². The molecule has 1 atom stereocenters. The van der Waals surface area contributed by atoms with E-state index >= 15 is 0 Å². The van der Waals surface area contributed by atoms with Crippen LogP contribution in [0.25, 0.3) is 0 Å². The Bertz CT molecular complexity index is 588. The summed E-state index contributed by atoms with van der Waals surface area (Å²) in [6.07, 6.45) is 1.26. The largest absolute Gasteiger partial charge is 0.396 e. The molecule has 0 aliphatic rings. The molecular weight excluding hydrogens is 278 g/mol. The van der Waals surface area contributed by atoms with Crippen molar-refractivity contribution in [3.63, 3.8) is 0 Å². The Kier molecular flexibility index (Phi) is 5.20. The van der Waals surface area contributed by atoms with Crippen LogP contribution < -0.4 is 10.9 Å². The summed E-state index contributed by atoms with van der Waals surface area (Å²) in [6.45, 7) is 5.52. The molecule has 21 heavy (non-hydrogen) atoms. The number of hydrogen-bond donors (Lipinski definition) is 3. The van der Waals surface area contributed by atoms with E-state index < -0.39 is 16.4 Å². The molecule has 0 spiro atoms. The van der Waals surface area contributed by atoms with Crippen LogP contribution in [0.15, 0.2) is 17.1 Å². The van der Waals surface area contributed by atoms with E-state index in [1.165, 1.54) is 0 Å². The normalized spacial score (nSPS) is 12.8. The Hall–Kier alpha value is -2.22. The van der Waals surface area contributed by atoms with Crippen LogP contribution in [0.3, 0.4) is 0 Å². The van der Waals surface area contributed by atoms with Crippen LogP contribution in [-0.2, 0) is 0 Å². The standard InChI is InChI=1S/C13H19N3O5/c1-13(2,3)10(4-5-17)15-12(19)9-6-8(16(20)21)7-14-11(9)18/h6-7,10,17H,4-5H2,1-3H3,(H,14,18)(H,15,19). The van der Waals surface area contributed by atoms with Gasteiger partial charge in [-0.2, -0.15) is 0 Å². The van der Waals surface area contributed by atoms with Crippen molar-refractivity contribution in [1.29, 1.82) is 0 Å². The third-order valence-corrected chi connectivity index (χ3v) is 3.11. The molecule has 1 amide bonds. The number of aliphatic hydroxyl groups excluding tert-OH is 1. The van der Waals surface area contributed by atoms with Gasteiger partial charge in [0.15, 0.2) is 0 Å². The second-order valence-corrected chi connectivity index (χ2v) is 5.76. The Morgan fingerprint density at radius 3 is 2.62 bits per heavy atom. The van der Waals surface area contributed by atoms with E-state index in [0.717, 1.165) is 12.3 Å². The summed E-state index contributed by atoms with van der Waals surface area (Å²) in [5, 5.41) is 22.4. The molecule has 1 aromatic heterocycles. The second kappa shape index (κ2) is 6.49. The van der Waals surface area contributed by atoms with Gasteiger partial charge in [-0.3, -0.25) is 19.7 Å². The molecule has 8 heteroatoms. The first kappa shape index (κ1) is 16.8.